The lowest BCUT2D eigenvalue weighted by molar-refractivity contribution is -0.144. The minimum absolute atomic E-state index is 0.0718. The Kier molecular flexibility index (Phi) is 6.53. The first-order valence-electron chi connectivity index (χ1n) is 11.6. The molecule has 3 saturated heterocycles. The fourth-order valence-corrected chi connectivity index (χ4v) is 3.77. The van der Waals surface area contributed by atoms with Crippen LogP contribution in [-0.2, 0) is 29.2 Å². The molecule has 176 valence electrons. The van der Waals surface area contributed by atoms with Gasteiger partial charge in [0.1, 0.15) is 49.6 Å². The summed E-state index contributed by atoms with van der Waals surface area (Å²) in [5.41, 5.74) is 1.83. The summed E-state index contributed by atoms with van der Waals surface area (Å²) in [5, 5.41) is 0. The normalized spacial score (nSPS) is 24.5. The molecule has 5 rings (SSSR count). The van der Waals surface area contributed by atoms with E-state index < -0.39 is 0 Å². The maximum Gasteiger partial charge on any atom is 0.305 e. The Labute approximate surface area is 193 Å². The average molecular weight is 455 g/mol. The monoisotopic (exact) mass is 454 g/mol. The number of hydrogen-bond donors (Lipinski definition) is 0. The lowest BCUT2D eigenvalue weighted by Crippen LogP contribution is -2.25. The van der Waals surface area contributed by atoms with Gasteiger partial charge in [-0.2, -0.15) is 0 Å². The van der Waals surface area contributed by atoms with Crippen molar-refractivity contribution in [3.63, 3.8) is 0 Å². The Bertz CT molecular complexity index is 869. The van der Waals surface area contributed by atoms with E-state index in [0.29, 0.717) is 39.3 Å². The van der Waals surface area contributed by atoms with E-state index in [4.69, 9.17) is 28.4 Å². The third-order valence-electron chi connectivity index (χ3n) is 6.32. The minimum atomic E-state index is -0.384. The van der Waals surface area contributed by atoms with Crippen molar-refractivity contribution in [3.05, 3.63) is 59.7 Å². The highest BCUT2D eigenvalue weighted by Gasteiger charge is 2.31. The number of rotatable bonds is 13. The molecular weight excluding hydrogens is 424 g/mol. The van der Waals surface area contributed by atoms with Gasteiger partial charge >= 0.3 is 5.97 Å². The van der Waals surface area contributed by atoms with Crippen LogP contribution < -0.4 is 9.47 Å². The smallest absolute Gasteiger partial charge is 0.305 e. The highest BCUT2D eigenvalue weighted by molar-refractivity contribution is 5.69. The van der Waals surface area contributed by atoms with E-state index in [1.807, 2.05) is 24.3 Å². The van der Waals surface area contributed by atoms with Crippen molar-refractivity contribution in [3.8, 4) is 11.5 Å². The number of epoxide rings is 3. The van der Waals surface area contributed by atoms with Gasteiger partial charge in [0.25, 0.3) is 0 Å². The van der Waals surface area contributed by atoms with Gasteiger partial charge in [-0.05, 0) is 41.8 Å². The van der Waals surface area contributed by atoms with Crippen molar-refractivity contribution < 1.29 is 33.2 Å². The maximum absolute atomic E-state index is 12.4. The van der Waals surface area contributed by atoms with Crippen LogP contribution in [0.25, 0.3) is 0 Å². The molecule has 0 radical (unpaired) electrons. The van der Waals surface area contributed by atoms with Crippen LogP contribution in [0.3, 0.4) is 0 Å². The molecular formula is C26H30O7. The topological polar surface area (TPSA) is 82.4 Å². The van der Waals surface area contributed by atoms with E-state index in [1.54, 1.807) is 0 Å². The number of ether oxygens (including phenoxy) is 6. The highest BCUT2D eigenvalue weighted by Crippen LogP contribution is 2.38. The van der Waals surface area contributed by atoms with Crippen molar-refractivity contribution in [2.24, 2.45) is 0 Å². The van der Waals surface area contributed by atoms with E-state index in [-0.39, 0.29) is 29.7 Å². The summed E-state index contributed by atoms with van der Waals surface area (Å²) in [5.74, 6) is 1.42. The highest BCUT2D eigenvalue weighted by atomic mass is 16.6. The van der Waals surface area contributed by atoms with Crippen molar-refractivity contribution in [1.82, 2.24) is 0 Å². The molecule has 0 aromatic heterocycles. The molecule has 3 fully saturated rings. The second kappa shape index (κ2) is 9.71. The predicted molar refractivity (Wildman–Crippen MR) is 120 cm³/mol. The van der Waals surface area contributed by atoms with Crippen LogP contribution in [0.15, 0.2) is 48.5 Å². The Morgan fingerprint density at radius 3 is 1.64 bits per heavy atom. The molecule has 3 heterocycles. The lowest BCUT2D eigenvalue weighted by Gasteiger charge is -2.31. The van der Waals surface area contributed by atoms with E-state index in [0.717, 1.165) is 35.8 Å². The Balaban J connectivity index is 1.29. The second-order valence-corrected chi connectivity index (χ2v) is 9.05. The third-order valence-corrected chi connectivity index (χ3v) is 6.32. The van der Waals surface area contributed by atoms with Gasteiger partial charge in [-0.3, -0.25) is 4.79 Å². The van der Waals surface area contributed by atoms with Crippen LogP contribution in [-0.4, -0.2) is 63.9 Å². The molecule has 7 nitrogen and oxygen atoms in total. The van der Waals surface area contributed by atoms with Gasteiger partial charge in [0.15, 0.2) is 0 Å². The summed E-state index contributed by atoms with van der Waals surface area (Å²) in [6.07, 6.45) is 1.44. The number of carbonyl (C=O) groups excluding carboxylic acids is 1. The van der Waals surface area contributed by atoms with Gasteiger partial charge in [-0.1, -0.05) is 31.2 Å². The summed E-state index contributed by atoms with van der Waals surface area (Å²) in [6.45, 7) is 5.85. The zero-order valence-corrected chi connectivity index (χ0v) is 18.9. The molecule has 3 aliphatic heterocycles. The van der Waals surface area contributed by atoms with Gasteiger partial charge in [0.05, 0.1) is 19.8 Å². The van der Waals surface area contributed by atoms with E-state index in [1.165, 1.54) is 0 Å². The number of esters is 1. The largest absolute Gasteiger partial charge is 0.491 e. The molecule has 0 aliphatic carbocycles. The Hall–Kier alpha value is -2.61. The number of hydrogen-bond acceptors (Lipinski definition) is 7. The molecule has 2 aromatic rings. The van der Waals surface area contributed by atoms with Crippen LogP contribution in [0.2, 0.25) is 0 Å². The fourth-order valence-electron chi connectivity index (χ4n) is 3.77. The van der Waals surface area contributed by atoms with E-state index in [9.17, 15) is 4.79 Å². The van der Waals surface area contributed by atoms with E-state index in [2.05, 4.69) is 31.2 Å². The quantitative estimate of drug-likeness (QED) is 0.339. The zero-order valence-electron chi connectivity index (χ0n) is 18.9. The number of carbonyl (C=O) groups is 1. The summed E-state index contributed by atoms with van der Waals surface area (Å²) in [6, 6.07) is 16.2. The average Bonchev–Trinajstić information content (AvgIpc) is 3.71. The van der Waals surface area contributed by atoms with Gasteiger partial charge in [-0.25, -0.2) is 0 Å². The van der Waals surface area contributed by atoms with E-state index >= 15 is 0 Å². The standard InChI is InChI=1S/C26H30O7/c1-26(11-10-25(27)33-17-24-16-32-24,18-2-6-20(7-3-18)28-12-22-14-30-22)19-4-8-21(9-5-19)29-13-23-15-31-23/h2-9,22-24H,10-17H2,1H3. The fraction of sp³-hybridized carbons (Fsp3) is 0.500. The molecule has 0 amide bonds. The molecule has 33 heavy (non-hydrogen) atoms. The van der Waals surface area contributed by atoms with Gasteiger partial charge in [0, 0.05) is 11.8 Å². The third kappa shape index (κ3) is 6.25. The first-order chi connectivity index (χ1) is 16.1. The molecule has 0 N–H and O–H groups in total. The molecule has 2 aromatic carbocycles. The first-order valence-corrected chi connectivity index (χ1v) is 11.6. The molecule has 0 saturated carbocycles. The molecule has 7 heteroatoms. The van der Waals surface area contributed by atoms with Gasteiger partial charge in [0.2, 0.25) is 0 Å². The van der Waals surface area contributed by atoms with Crippen LogP contribution in [0.4, 0.5) is 0 Å². The zero-order chi connectivity index (χ0) is 22.7. The predicted octanol–water partition coefficient (Wildman–Crippen LogP) is 3.27. The van der Waals surface area contributed by atoms with Gasteiger partial charge in [-0.15, -0.1) is 0 Å². The minimum Gasteiger partial charge on any atom is -0.491 e. The van der Waals surface area contributed by atoms with Crippen molar-refractivity contribution >= 4 is 5.97 Å². The second-order valence-electron chi connectivity index (χ2n) is 9.05. The summed E-state index contributed by atoms with van der Waals surface area (Å²) >= 11 is 0. The first kappa shape index (κ1) is 22.2. The molecule has 0 spiro atoms. The van der Waals surface area contributed by atoms with Gasteiger partial charge < -0.3 is 28.4 Å². The van der Waals surface area contributed by atoms with Crippen molar-refractivity contribution in [1.29, 1.82) is 0 Å². The SMILES string of the molecule is CC(CCC(=O)OCC1CO1)(c1ccc(OCC2CO2)cc1)c1ccc(OCC2CO2)cc1. The molecule has 3 unspecified atom stereocenters. The summed E-state index contributed by atoms with van der Waals surface area (Å²) < 4.78 is 32.5. The van der Waals surface area contributed by atoms with Crippen molar-refractivity contribution in [2.45, 2.75) is 43.5 Å². The van der Waals surface area contributed by atoms with Crippen LogP contribution in [0.5, 0.6) is 11.5 Å². The van der Waals surface area contributed by atoms with Crippen LogP contribution in [0.1, 0.15) is 30.9 Å². The summed E-state index contributed by atoms with van der Waals surface area (Å²) in [4.78, 5) is 12.4. The summed E-state index contributed by atoms with van der Waals surface area (Å²) in [7, 11) is 0. The lowest BCUT2D eigenvalue weighted by atomic mass is 9.73. The Morgan fingerprint density at radius 2 is 1.21 bits per heavy atom. The molecule has 0 bridgehead atoms. The van der Waals surface area contributed by atoms with Crippen LogP contribution >= 0.6 is 0 Å². The van der Waals surface area contributed by atoms with Crippen LogP contribution in [0, 0.1) is 0 Å². The molecule has 3 atom stereocenters. The van der Waals surface area contributed by atoms with Crippen molar-refractivity contribution in [2.75, 3.05) is 39.6 Å². The molecule has 3 aliphatic rings. The maximum atomic E-state index is 12.4. The number of benzene rings is 2. The Morgan fingerprint density at radius 1 is 0.788 bits per heavy atom.